The standard InChI is InChI=1S/C36H69O10P/c1-3-5-7-9-11-13-15-16-18-20-22-24-26-28-36(40)46-34(32-45-47(41,42)44-30-33(38)29-37)31-43-35(39)27-25-23-21-19-17-14-12-10-8-6-4-2/h16,18,33-34,37-38H,3-15,17,19-32H2,1-2H3,(H,41,42)/b18-16+/t33-,34+/m0/s1. The van der Waals surface area contributed by atoms with Crippen LogP contribution in [-0.2, 0) is 32.7 Å². The van der Waals surface area contributed by atoms with Gasteiger partial charge in [-0.15, -0.1) is 0 Å². The van der Waals surface area contributed by atoms with Crippen LogP contribution in [0.3, 0.4) is 0 Å². The highest BCUT2D eigenvalue weighted by Gasteiger charge is 2.27. The molecule has 0 radical (unpaired) electrons. The van der Waals surface area contributed by atoms with Crippen LogP contribution >= 0.6 is 7.82 Å². The maximum atomic E-state index is 12.5. The van der Waals surface area contributed by atoms with Crippen molar-refractivity contribution in [2.24, 2.45) is 0 Å². The van der Waals surface area contributed by atoms with E-state index >= 15 is 0 Å². The van der Waals surface area contributed by atoms with E-state index in [1.165, 1.54) is 83.5 Å². The lowest BCUT2D eigenvalue weighted by atomic mass is 10.1. The van der Waals surface area contributed by atoms with E-state index in [2.05, 4.69) is 30.5 Å². The Balaban J connectivity index is 4.40. The molecule has 47 heavy (non-hydrogen) atoms. The third-order valence-electron chi connectivity index (χ3n) is 7.92. The number of esters is 2. The van der Waals surface area contributed by atoms with Gasteiger partial charge in [-0.1, -0.05) is 129 Å². The van der Waals surface area contributed by atoms with Gasteiger partial charge in [0, 0.05) is 12.8 Å². The van der Waals surface area contributed by atoms with Crippen molar-refractivity contribution < 1.29 is 47.8 Å². The van der Waals surface area contributed by atoms with Gasteiger partial charge in [0.05, 0.1) is 19.8 Å². The van der Waals surface area contributed by atoms with Gasteiger partial charge in [0.2, 0.25) is 0 Å². The van der Waals surface area contributed by atoms with Gasteiger partial charge in [0.15, 0.2) is 6.10 Å². The van der Waals surface area contributed by atoms with Crippen LogP contribution in [0.2, 0.25) is 0 Å². The molecule has 0 aliphatic carbocycles. The summed E-state index contributed by atoms with van der Waals surface area (Å²) in [6.45, 7) is 2.33. The van der Waals surface area contributed by atoms with Crippen LogP contribution in [0.25, 0.3) is 0 Å². The van der Waals surface area contributed by atoms with Crippen molar-refractivity contribution in [1.29, 1.82) is 0 Å². The van der Waals surface area contributed by atoms with Crippen LogP contribution in [0.4, 0.5) is 0 Å². The van der Waals surface area contributed by atoms with Crippen LogP contribution in [0, 0.1) is 0 Å². The summed E-state index contributed by atoms with van der Waals surface area (Å²) in [6, 6.07) is 0. The molecule has 3 atom stereocenters. The first-order valence-corrected chi connectivity index (χ1v) is 20.1. The van der Waals surface area contributed by atoms with Crippen molar-refractivity contribution in [3.8, 4) is 0 Å². The number of rotatable bonds is 35. The lowest BCUT2D eigenvalue weighted by Gasteiger charge is -2.20. The summed E-state index contributed by atoms with van der Waals surface area (Å²) in [5.74, 6) is -0.941. The number of aliphatic hydroxyl groups is 2. The molecule has 1 unspecified atom stereocenters. The Labute approximate surface area is 286 Å². The fraction of sp³-hybridized carbons (Fsp3) is 0.889. The summed E-state index contributed by atoms with van der Waals surface area (Å²) >= 11 is 0. The molecule has 278 valence electrons. The van der Waals surface area contributed by atoms with Gasteiger partial charge < -0.3 is 24.6 Å². The third-order valence-corrected chi connectivity index (χ3v) is 8.87. The molecule has 10 nitrogen and oxygen atoms in total. The largest absolute Gasteiger partial charge is 0.472 e. The molecule has 0 fully saturated rings. The van der Waals surface area contributed by atoms with Gasteiger partial charge >= 0.3 is 19.8 Å². The number of phosphoric ester groups is 1. The fourth-order valence-electron chi connectivity index (χ4n) is 4.99. The topological polar surface area (TPSA) is 149 Å². The highest BCUT2D eigenvalue weighted by Crippen LogP contribution is 2.43. The summed E-state index contributed by atoms with van der Waals surface area (Å²) < 4.78 is 32.5. The van der Waals surface area contributed by atoms with E-state index in [1.807, 2.05) is 0 Å². The quantitative estimate of drug-likeness (QED) is 0.0254. The molecule has 0 aromatic heterocycles. The Kier molecular flexibility index (Phi) is 32.3. The maximum Gasteiger partial charge on any atom is 0.472 e. The number of unbranched alkanes of at least 4 members (excludes halogenated alkanes) is 19. The average molecular weight is 693 g/mol. The van der Waals surface area contributed by atoms with Gasteiger partial charge in [0.25, 0.3) is 0 Å². The SMILES string of the molecule is CCCCCCCC/C=C/CCCCCC(=O)O[C@H](COC(=O)CCCCCCCCCCCCC)COP(=O)(O)OC[C@@H](O)CO. The number of carbonyl (C=O) groups excluding carboxylic acids is 2. The van der Waals surface area contributed by atoms with E-state index in [4.69, 9.17) is 19.1 Å². The van der Waals surface area contributed by atoms with Crippen molar-refractivity contribution in [3.05, 3.63) is 12.2 Å². The minimum Gasteiger partial charge on any atom is -0.462 e. The summed E-state index contributed by atoms with van der Waals surface area (Å²) in [6.07, 6.45) is 27.6. The van der Waals surface area contributed by atoms with E-state index in [1.54, 1.807) is 0 Å². The minimum absolute atomic E-state index is 0.167. The third kappa shape index (κ3) is 33.0. The average Bonchev–Trinajstić information content (AvgIpc) is 3.05. The van der Waals surface area contributed by atoms with Crippen molar-refractivity contribution in [1.82, 2.24) is 0 Å². The molecule has 0 amide bonds. The molecule has 0 aromatic carbocycles. The lowest BCUT2D eigenvalue weighted by molar-refractivity contribution is -0.161. The fourth-order valence-corrected chi connectivity index (χ4v) is 5.78. The zero-order valence-electron chi connectivity index (χ0n) is 29.8. The lowest BCUT2D eigenvalue weighted by Crippen LogP contribution is -2.29. The molecule has 0 saturated heterocycles. The van der Waals surface area contributed by atoms with Crippen molar-refractivity contribution >= 4 is 19.8 Å². The Morgan fingerprint density at radius 1 is 0.617 bits per heavy atom. The van der Waals surface area contributed by atoms with Crippen molar-refractivity contribution in [3.63, 3.8) is 0 Å². The van der Waals surface area contributed by atoms with Gasteiger partial charge in [-0.3, -0.25) is 18.6 Å². The summed E-state index contributed by atoms with van der Waals surface area (Å²) in [7, 11) is -4.61. The highest BCUT2D eigenvalue weighted by molar-refractivity contribution is 7.47. The minimum atomic E-state index is -4.61. The number of aliphatic hydroxyl groups excluding tert-OH is 2. The van der Waals surface area contributed by atoms with Gasteiger partial charge in [-0.25, -0.2) is 4.57 Å². The molecule has 3 N–H and O–H groups in total. The number of carbonyl (C=O) groups is 2. The van der Waals surface area contributed by atoms with Crippen LogP contribution in [0.15, 0.2) is 12.2 Å². The summed E-state index contributed by atoms with van der Waals surface area (Å²) in [4.78, 5) is 34.7. The Morgan fingerprint density at radius 3 is 1.55 bits per heavy atom. The molecule has 0 aliphatic heterocycles. The molecular weight excluding hydrogens is 623 g/mol. The van der Waals surface area contributed by atoms with Crippen LogP contribution in [0.1, 0.15) is 168 Å². The van der Waals surface area contributed by atoms with Crippen molar-refractivity contribution in [2.75, 3.05) is 26.4 Å². The Bertz CT molecular complexity index is 807. The normalized spacial score (nSPS) is 14.2. The molecule has 0 aromatic rings. The molecule has 0 aliphatic rings. The molecule has 0 bridgehead atoms. The molecule has 0 heterocycles. The molecule has 0 rings (SSSR count). The zero-order valence-corrected chi connectivity index (χ0v) is 30.6. The number of hydrogen-bond donors (Lipinski definition) is 3. The van der Waals surface area contributed by atoms with E-state index in [9.17, 15) is 24.2 Å². The van der Waals surface area contributed by atoms with E-state index in [-0.39, 0.29) is 19.4 Å². The second-order valence-electron chi connectivity index (χ2n) is 12.6. The predicted octanol–water partition coefficient (Wildman–Crippen LogP) is 8.89. The van der Waals surface area contributed by atoms with E-state index in [0.717, 1.165) is 44.9 Å². The molecule has 0 spiro atoms. The monoisotopic (exact) mass is 692 g/mol. The second kappa shape index (κ2) is 33.2. The van der Waals surface area contributed by atoms with Crippen LogP contribution in [0.5, 0.6) is 0 Å². The Morgan fingerprint density at radius 2 is 1.04 bits per heavy atom. The summed E-state index contributed by atoms with van der Waals surface area (Å²) in [5.41, 5.74) is 0. The number of phosphoric acid groups is 1. The predicted molar refractivity (Wildman–Crippen MR) is 187 cm³/mol. The van der Waals surface area contributed by atoms with Crippen molar-refractivity contribution in [2.45, 2.75) is 180 Å². The second-order valence-corrected chi connectivity index (χ2v) is 14.1. The Hall–Kier alpha value is -1.29. The van der Waals surface area contributed by atoms with Gasteiger partial charge in [0.1, 0.15) is 12.7 Å². The first kappa shape index (κ1) is 45.7. The first-order valence-electron chi connectivity index (χ1n) is 18.6. The molecule has 11 heteroatoms. The van der Waals surface area contributed by atoms with Crippen LogP contribution < -0.4 is 0 Å². The van der Waals surface area contributed by atoms with Gasteiger partial charge in [-0.2, -0.15) is 0 Å². The maximum absolute atomic E-state index is 12.5. The van der Waals surface area contributed by atoms with E-state index < -0.39 is 51.8 Å². The first-order chi connectivity index (χ1) is 22.7. The van der Waals surface area contributed by atoms with Crippen LogP contribution in [-0.4, -0.2) is 65.7 Å². The summed E-state index contributed by atoms with van der Waals surface area (Å²) in [5, 5.41) is 18.2. The van der Waals surface area contributed by atoms with Gasteiger partial charge in [-0.05, 0) is 38.5 Å². The number of allylic oxidation sites excluding steroid dienone is 2. The highest BCUT2D eigenvalue weighted by atomic mass is 31.2. The molecular formula is C36H69O10P. The number of ether oxygens (including phenoxy) is 2. The van der Waals surface area contributed by atoms with E-state index in [0.29, 0.717) is 12.8 Å². The zero-order chi connectivity index (χ0) is 34.9. The number of hydrogen-bond acceptors (Lipinski definition) is 9. The molecule has 0 saturated carbocycles. The smallest absolute Gasteiger partial charge is 0.462 e.